The van der Waals surface area contributed by atoms with Crippen molar-refractivity contribution in [2.45, 2.75) is 37.6 Å². The van der Waals surface area contributed by atoms with E-state index in [-0.39, 0.29) is 23.9 Å². The molecule has 0 amide bonds. The molecule has 0 aromatic heterocycles. The van der Waals surface area contributed by atoms with E-state index < -0.39 is 16.1 Å². The smallest absolute Gasteiger partial charge is 0.305 e. The number of hydrogen-bond acceptors (Lipinski definition) is 4. The van der Waals surface area contributed by atoms with E-state index in [2.05, 4.69) is 4.72 Å². The van der Waals surface area contributed by atoms with Gasteiger partial charge in [0, 0.05) is 6.42 Å². The van der Waals surface area contributed by atoms with Gasteiger partial charge >= 0.3 is 5.97 Å². The Bertz CT molecular complexity index is 786. The van der Waals surface area contributed by atoms with Gasteiger partial charge in [-0.1, -0.05) is 55.0 Å². The molecule has 0 saturated carbocycles. The Balaban J connectivity index is 2.15. The van der Waals surface area contributed by atoms with E-state index in [9.17, 15) is 13.2 Å². The summed E-state index contributed by atoms with van der Waals surface area (Å²) in [6, 6.07) is 15.6. The molecule has 0 bridgehead atoms. The number of aryl methyl sites for hydroxylation is 1. The minimum atomic E-state index is -3.69. The number of benzene rings is 2. The molecule has 2 rings (SSSR count). The summed E-state index contributed by atoms with van der Waals surface area (Å²) in [5.41, 5.74) is 1.95. The third kappa shape index (κ3) is 5.99. The Labute approximate surface area is 149 Å². The zero-order chi connectivity index (χ0) is 18.3. The minimum Gasteiger partial charge on any atom is -0.464 e. The number of nitrogens with one attached hydrogen (secondary N) is 1. The van der Waals surface area contributed by atoms with Crippen LogP contribution < -0.4 is 4.72 Å². The lowest BCUT2D eigenvalue weighted by Crippen LogP contribution is -2.40. The van der Waals surface area contributed by atoms with Crippen LogP contribution in [-0.4, -0.2) is 27.0 Å². The SMILES string of the molecule is CCC(=O)OC[C@H](Cc1ccccc1)NS(=O)(=O)c1ccc(C)cc1. The Morgan fingerprint density at radius 1 is 1.08 bits per heavy atom. The largest absolute Gasteiger partial charge is 0.464 e. The second-order valence-corrected chi connectivity index (χ2v) is 7.57. The van der Waals surface area contributed by atoms with Gasteiger partial charge in [0.25, 0.3) is 0 Å². The van der Waals surface area contributed by atoms with Crippen LogP contribution in [0, 0.1) is 6.92 Å². The lowest BCUT2D eigenvalue weighted by Gasteiger charge is -2.19. The van der Waals surface area contributed by atoms with Crippen molar-refractivity contribution in [3.63, 3.8) is 0 Å². The Kier molecular flexibility index (Phi) is 6.73. The Morgan fingerprint density at radius 3 is 2.32 bits per heavy atom. The van der Waals surface area contributed by atoms with Gasteiger partial charge in [-0.15, -0.1) is 0 Å². The molecule has 0 fully saturated rings. The predicted molar refractivity (Wildman–Crippen MR) is 96.7 cm³/mol. The summed E-state index contributed by atoms with van der Waals surface area (Å²) in [5.74, 6) is -0.354. The molecule has 2 aromatic rings. The van der Waals surface area contributed by atoms with Crippen molar-refractivity contribution in [1.82, 2.24) is 4.72 Å². The quantitative estimate of drug-likeness (QED) is 0.734. The molecule has 2 aromatic carbocycles. The van der Waals surface area contributed by atoms with Crippen LogP contribution in [0.4, 0.5) is 0 Å². The second kappa shape index (κ2) is 8.78. The van der Waals surface area contributed by atoms with Crippen LogP contribution in [0.3, 0.4) is 0 Å². The first-order valence-electron chi connectivity index (χ1n) is 8.19. The second-order valence-electron chi connectivity index (χ2n) is 5.86. The summed E-state index contributed by atoms with van der Waals surface area (Å²) in [6.07, 6.45) is 0.686. The van der Waals surface area contributed by atoms with Gasteiger partial charge in [0.2, 0.25) is 10.0 Å². The Hall–Kier alpha value is -2.18. The van der Waals surface area contributed by atoms with Crippen LogP contribution in [0.2, 0.25) is 0 Å². The topological polar surface area (TPSA) is 72.5 Å². The van der Waals surface area contributed by atoms with Crippen molar-refractivity contribution in [3.8, 4) is 0 Å². The fourth-order valence-corrected chi connectivity index (χ4v) is 3.55. The number of carbonyl (C=O) groups is 1. The summed E-state index contributed by atoms with van der Waals surface area (Å²) >= 11 is 0. The minimum absolute atomic E-state index is 0.00728. The lowest BCUT2D eigenvalue weighted by atomic mass is 10.1. The maximum atomic E-state index is 12.6. The normalized spacial score (nSPS) is 12.6. The van der Waals surface area contributed by atoms with Crippen molar-refractivity contribution in [3.05, 3.63) is 65.7 Å². The zero-order valence-corrected chi connectivity index (χ0v) is 15.3. The Morgan fingerprint density at radius 2 is 1.72 bits per heavy atom. The van der Waals surface area contributed by atoms with E-state index in [1.54, 1.807) is 31.2 Å². The molecule has 0 unspecified atom stereocenters. The zero-order valence-electron chi connectivity index (χ0n) is 14.4. The lowest BCUT2D eigenvalue weighted by molar-refractivity contribution is -0.143. The molecule has 0 aliphatic heterocycles. The van der Waals surface area contributed by atoms with Crippen LogP contribution in [0.15, 0.2) is 59.5 Å². The molecule has 6 heteroatoms. The first kappa shape index (κ1) is 19.1. The first-order chi connectivity index (χ1) is 11.9. The molecule has 0 aliphatic rings. The molecule has 0 spiro atoms. The summed E-state index contributed by atoms with van der Waals surface area (Å²) in [5, 5.41) is 0. The molecule has 1 N–H and O–H groups in total. The summed E-state index contributed by atoms with van der Waals surface area (Å²) in [7, 11) is -3.69. The van der Waals surface area contributed by atoms with Gasteiger partial charge in [-0.05, 0) is 31.0 Å². The third-order valence-electron chi connectivity index (χ3n) is 3.71. The highest BCUT2D eigenvalue weighted by atomic mass is 32.2. The number of rotatable bonds is 8. The monoisotopic (exact) mass is 361 g/mol. The van der Waals surface area contributed by atoms with E-state index in [1.165, 1.54) is 0 Å². The summed E-state index contributed by atoms with van der Waals surface area (Å²) in [6.45, 7) is 3.59. The molecular formula is C19H23NO4S. The summed E-state index contributed by atoms with van der Waals surface area (Å²) < 4.78 is 33.0. The van der Waals surface area contributed by atoms with E-state index >= 15 is 0 Å². The van der Waals surface area contributed by atoms with E-state index in [1.807, 2.05) is 37.3 Å². The van der Waals surface area contributed by atoms with Gasteiger partial charge in [0.1, 0.15) is 6.61 Å². The standard InChI is InChI=1S/C19H23NO4S/c1-3-19(21)24-14-17(13-16-7-5-4-6-8-16)20-25(22,23)18-11-9-15(2)10-12-18/h4-12,17,20H,3,13-14H2,1-2H3/t17-/m0/s1. The average Bonchev–Trinajstić information content (AvgIpc) is 2.60. The number of ether oxygens (including phenoxy) is 1. The van der Waals surface area contributed by atoms with Crippen LogP contribution in [0.25, 0.3) is 0 Å². The van der Waals surface area contributed by atoms with Gasteiger partial charge in [0.15, 0.2) is 0 Å². The van der Waals surface area contributed by atoms with Crippen LogP contribution in [-0.2, 0) is 26.0 Å². The molecule has 25 heavy (non-hydrogen) atoms. The van der Waals surface area contributed by atoms with E-state index in [0.717, 1.165) is 11.1 Å². The fourth-order valence-electron chi connectivity index (χ4n) is 2.33. The van der Waals surface area contributed by atoms with Crippen molar-refractivity contribution < 1.29 is 17.9 Å². The number of esters is 1. The molecule has 0 saturated heterocycles. The van der Waals surface area contributed by atoms with Gasteiger partial charge in [-0.2, -0.15) is 0 Å². The molecule has 0 heterocycles. The van der Waals surface area contributed by atoms with Crippen molar-refractivity contribution in [1.29, 1.82) is 0 Å². The van der Waals surface area contributed by atoms with Gasteiger partial charge in [-0.25, -0.2) is 13.1 Å². The van der Waals surface area contributed by atoms with Crippen LogP contribution in [0.1, 0.15) is 24.5 Å². The van der Waals surface area contributed by atoms with E-state index in [4.69, 9.17) is 4.74 Å². The van der Waals surface area contributed by atoms with Crippen molar-refractivity contribution in [2.24, 2.45) is 0 Å². The first-order valence-corrected chi connectivity index (χ1v) is 9.67. The highest BCUT2D eigenvalue weighted by molar-refractivity contribution is 7.89. The fraction of sp³-hybridized carbons (Fsp3) is 0.316. The maximum Gasteiger partial charge on any atom is 0.305 e. The number of sulfonamides is 1. The number of hydrogen-bond donors (Lipinski definition) is 1. The number of carbonyl (C=O) groups excluding carboxylic acids is 1. The molecule has 5 nitrogen and oxygen atoms in total. The highest BCUT2D eigenvalue weighted by Gasteiger charge is 2.21. The summed E-state index contributed by atoms with van der Waals surface area (Å²) in [4.78, 5) is 11.6. The van der Waals surface area contributed by atoms with Gasteiger partial charge < -0.3 is 4.74 Å². The van der Waals surface area contributed by atoms with Crippen molar-refractivity contribution in [2.75, 3.05) is 6.61 Å². The molecule has 1 atom stereocenters. The molecule has 134 valence electrons. The maximum absolute atomic E-state index is 12.6. The van der Waals surface area contributed by atoms with Crippen LogP contribution in [0.5, 0.6) is 0 Å². The van der Waals surface area contributed by atoms with E-state index in [0.29, 0.717) is 6.42 Å². The molecule has 0 aliphatic carbocycles. The molecule has 0 radical (unpaired) electrons. The third-order valence-corrected chi connectivity index (χ3v) is 5.25. The average molecular weight is 361 g/mol. The highest BCUT2D eigenvalue weighted by Crippen LogP contribution is 2.12. The predicted octanol–water partition coefficient (Wildman–Crippen LogP) is 2.84. The van der Waals surface area contributed by atoms with Gasteiger partial charge in [-0.3, -0.25) is 4.79 Å². The van der Waals surface area contributed by atoms with Gasteiger partial charge in [0.05, 0.1) is 10.9 Å². The molecular weight excluding hydrogens is 338 g/mol. The van der Waals surface area contributed by atoms with Crippen LogP contribution >= 0.6 is 0 Å². The van der Waals surface area contributed by atoms with Crippen molar-refractivity contribution >= 4 is 16.0 Å².